The average Bonchev–Trinajstić information content (AvgIpc) is 3.27. The summed E-state index contributed by atoms with van der Waals surface area (Å²) in [6.07, 6.45) is 6.26. The van der Waals surface area contributed by atoms with Crippen LogP contribution >= 0.6 is 0 Å². The number of methoxy groups -OCH3 is 3. The lowest BCUT2D eigenvalue weighted by molar-refractivity contribution is -0.138. The molecule has 4 aromatic rings. The molecule has 14 nitrogen and oxygen atoms in total. The Morgan fingerprint density at radius 1 is 0.891 bits per heavy atom. The van der Waals surface area contributed by atoms with Crippen LogP contribution in [-0.2, 0) is 32.1 Å². The molecule has 3 aliphatic rings. The second-order valence-electron chi connectivity index (χ2n) is 17.0. The number of likely N-dealkylation sites (tertiary alicyclic amines) is 1. The van der Waals surface area contributed by atoms with E-state index in [2.05, 4.69) is 5.32 Å². The minimum atomic E-state index is -1.15. The standard InChI is InChI=1S/C50H57N3O11/c1-30-13-11-18-36(54)17-10-6-9-16-33-23-40(55)46(47(58)45(33)50(60)64-30)37(34-24-41(61-2)48(63-4)42(25-34)62-3)26-43(56)51-38(22-31-14-7-5-8-15-31)49(59)52-27-32-21-35(29-52)39-19-12-20-44(57)53(39)28-32/h5,7-9,12,14-16,19-20,23-25,30,32,35,37-38,55,58H,6,10-11,13,17-18,21-22,26-29H2,1-4H3,(H,51,56)/b16-9+/t30-,32+,35-,37?,38-/m0/s1. The number of amides is 2. The monoisotopic (exact) mass is 875 g/mol. The summed E-state index contributed by atoms with van der Waals surface area (Å²) in [7, 11) is 4.33. The molecule has 0 saturated carbocycles. The Balaban J connectivity index is 1.27. The van der Waals surface area contributed by atoms with Crippen molar-refractivity contribution in [3.63, 3.8) is 0 Å². The highest BCUT2D eigenvalue weighted by Crippen LogP contribution is 2.48. The molecular weight excluding hydrogens is 819 g/mol. The van der Waals surface area contributed by atoms with Crippen molar-refractivity contribution in [1.29, 1.82) is 0 Å². The van der Waals surface area contributed by atoms with Crippen LogP contribution in [0.1, 0.15) is 108 Å². The molecule has 1 fully saturated rings. The molecule has 338 valence electrons. The number of ketones is 1. The number of rotatable bonds is 11. The van der Waals surface area contributed by atoms with Crippen molar-refractivity contribution >= 4 is 29.6 Å². The smallest absolute Gasteiger partial charge is 0.342 e. The number of benzene rings is 3. The summed E-state index contributed by atoms with van der Waals surface area (Å²) in [6, 6.07) is 18.2. The summed E-state index contributed by atoms with van der Waals surface area (Å²) in [5, 5.41) is 27.2. The van der Waals surface area contributed by atoms with Gasteiger partial charge in [0.25, 0.3) is 5.56 Å². The number of fused-ring (bicyclic) bond motifs is 5. The molecule has 3 N–H and O–H groups in total. The van der Waals surface area contributed by atoms with Gasteiger partial charge in [-0.25, -0.2) is 4.79 Å². The van der Waals surface area contributed by atoms with Crippen LogP contribution in [0.15, 0.2) is 77.6 Å². The van der Waals surface area contributed by atoms with Crippen LogP contribution in [0.3, 0.4) is 0 Å². The molecule has 14 heteroatoms. The Hall–Kier alpha value is -6.57. The topological polar surface area (TPSA) is 183 Å². The minimum Gasteiger partial charge on any atom is -0.507 e. The van der Waals surface area contributed by atoms with E-state index in [0.29, 0.717) is 63.7 Å². The predicted octanol–water partition coefficient (Wildman–Crippen LogP) is 6.66. The molecular formula is C50H57N3O11. The fraction of sp³-hybridized carbons (Fsp3) is 0.420. The van der Waals surface area contributed by atoms with E-state index >= 15 is 0 Å². The molecule has 2 bridgehead atoms. The van der Waals surface area contributed by atoms with Crippen LogP contribution in [0, 0.1) is 5.92 Å². The number of pyridine rings is 1. The van der Waals surface area contributed by atoms with Gasteiger partial charge in [-0.2, -0.15) is 0 Å². The number of piperidine rings is 1. The average molecular weight is 876 g/mol. The highest BCUT2D eigenvalue weighted by molar-refractivity contribution is 5.98. The molecule has 0 spiro atoms. The first kappa shape index (κ1) is 45.5. The van der Waals surface area contributed by atoms with Crippen molar-refractivity contribution in [2.75, 3.05) is 34.4 Å². The van der Waals surface area contributed by atoms with Gasteiger partial charge in [0.1, 0.15) is 28.9 Å². The van der Waals surface area contributed by atoms with Crippen LogP contribution in [0.5, 0.6) is 28.7 Å². The van der Waals surface area contributed by atoms with Gasteiger partial charge in [-0.3, -0.25) is 19.2 Å². The van der Waals surface area contributed by atoms with Gasteiger partial charge < -0.3 is 43.9 Å². The number of nitrogens with one attached hydrogen (secondary N) is 1. The summed E-state index contributed by atoms with van der Waals surface area (Å²) in [5.41, 5.74) is 1.89. The number of ether oxygens (including phenoxy) is 4. The zero-order valence-electron chi connectivity index (χ0n) is 36.8. The lowest BCUT2D eigenvalue weighted by Gasteiger charge is -2.43. The number of carbonyl (C=O) groups excluding carboxylic acids is 4. The van der Waals surface area contributed by atoms with Crippen LogP contribution in [-0.4, -0.2) is 89.8 Å². The highest BCUT2D eigenvalue weighted by atomic mass is 16.5. The van der Waals surface area contributed by atoms with Crippen molar-refractivity contribution in [3.8, 4) is 28.7 Å². The number of hydrogen-bond acceptors (Lipinski definition) is 11. The summed E-state index contributed by atoms with van der Waals surface area (Å²) in [6.45, 7) is 3.02. The van der Waals surface area contributed by atoms with Gasteiger partial charge in [0.15, 0.2) is 11.5 Å². The van der Waals surface area contributed by atoms with E-state index in [1.165, 1.54) is 27.4 Å². The van der Waals surface area contributed by atoms with Gasteiger partial charge in [-0.05, 0) is 85.9 Å². The maximum absolute atomic E-state index is 14.7. The number of nitrogens with zero attached hydrogens (tertiary/aromatic N) is 2. The van der Waals surface area contributed by atoms with Crippen molar-refractivity contribution in [2.24, 2.45) is 5.92 Å². The van der Waals surface area contributed by atoms with Gasteiger partial charge >= 0.3 is 5.97 Å². The van der Waals surface area contributed by atoms with E-state index in [4.69, 9.17) is 18.9 Å². The van der Waals surface area contributed by atoms with Gasteiger partial charge in [0.2, 0.25) is 17.6 Å². The van der Waals surface area contributed by atoms with E-state index < -0.39 is 47.9 Å². The fourth-order valence-electron chi connectivity index (χ4n) is 9.49. The second-order valence-corrected chi connectivity index (χ2v) is 17.0. The number of cyclic esters (lactones) is 1. The zero-order chi connectivity index (χ0) is 45.5. The molecule has 1 saturated heterocycles. The van der Waals surface area contributed by atoms with Gasteiger partial charge in [0.05, 0.1) is 27.4 Å². The number of carbonyl (C=O) groups is 4. The normalized spacial score (nSPS) is 20.3. The Morgan fingerprint density at radius 3 is 2.34 bits per heavy atom. The maximum atomic E-state index is 14.7. The Morgan fingerprint density at radius 2 is 1.62 bits per heavy atom. The first-order valence-corrected chi connectivity index (χ1v) is 22.0. The van der Waals surface area contributed by atoms with Gasteiger partial charge in [0, 0.05) is 74.5 Å². The lowest BCUT2D eigenvalue weighted by Crippen LogP contribution is -2.55. The highest BCUT2D eigenvalue weighted by Gasteiger charge is 2.39. The van der Waals surface area contributed by atoms with Crippen LogP contribution < -0.4 is 25.1 Å². The third-order valence-electron chi connectivity index (χ3n) is 12.6. The third-order valence-corrected chi connectivity index (χ3v) is 12.6. The lowest BCUT2D eigenvalue weighted by atomic mass is 9.82. The zero-order valence-corrected chi connectivity index (χ0v) is 36.8. The maximum Gasteiger partial charge on any atom is 0.342 e. The molecule has 1 unspecified atom stereocenters. The number of phenols is 2. The molecule has 3 aromatic carbocycles. The number of phenolic OH excluding ortho intramolecular Hbond substituents is 2. The summed E-state index contributed by atoms with van der Waals surface area (Å²) < 4.78 is 24.6. The Bertz CT molecular complexity index is 2440. The van der Waals surface area contributed by atoms with Crippen molar-refractivity contribution in [3.05, 3.63) is 117 Å². The largest absolute Gasteiger partial charge is 0.507 e. The molecule has 1 aromatic heterocycles. The summed E-state index contributed by atoms with van der Waals surface area (Å²) in [4.78, 5) is 70.3. The Labute approximate surface area is 372 Å². The molecule has 64 heavy (non-hydrogen) atoms. The molecule has 3 aliphatic heterocycles. The molecule has 0 radical (unpaired) electrons. The van der Waals surface area contributed by atoms with Crippen LogP contribution in [0.4, 0.5) is 0 Å². The number of hydrogen-bond donors (Lipinski definition) is 3. The number of Topliss-reactive ketones (excluding diaryl/α,β-unsaturated/α-hetero) is 1. The molecule has 7 rings (SSSR count). The SMILES string of the molecule is COc1cc(C(CC(=O)N[C@@H](Cc2ccccc2)C(=O)N2C[C@H]3C[C@@H](C2)c2cccc(=O)n2C3)c2c(O)cc3c(c2O)C(=O)O[C@@H](C)CCCC(=O)CCC/C=C/3)cc(OC)c1OC. The molecule has 5 atom stereocenters. The van der Waals surface area contributed by atoms with E-state index in [0.717, 1.165) is 17.7 Å². The van der Waals surface area contributed by atoms with Gasteiger partial charge in [-0.1, -0.05) is 48.6 Å². The summed E-state index contributed by atoms with van der Waals surface area (Å²) in [5.74, 6) is -2.91. The first-order chi connectivity index (χ1) is 30.9. The number of aromatic hydroxyl groups is 2. The van der Waals surface area contributed by atoms with E-state index in [1.807, 2.05) is 36.4 Å². The minimum absolute atomic E-state index is 0.0449. The van der Waals surface area contributed by atoms with E-state index in [9.17, 15) is 34.2 Å². The van der Waals surface area contributed by atoms with Crippen LogP contribution in [0.25, 0.3) is 6.08 Å². The summed E-state index contributed by atoms with van der Waals surface area (Å²) >= 11 is 0. The second kappa shape index (κ2) is 20.3. The number of allylic oxidation sites excluding steroid dienone is 1. The molecule has 0 aliphatic carbocycles. The first-order valence-electron chi connectivity index (χ1n) is 22.0. The predicted molar refractivity (Wildman–Crippen MR) is 239 cm³/mol. The molecule has 2 amide bonds. The quantitative estimate of drug-likeness (QED) is 0.137. The van der Waals surface area contributed by atoms with E-state index in [-0.39, 0.29) is 69.4 Å². The molecule has 4 heterocycles. The van der Waals surface area contributed by atoms with E-state index in [1.54, 1.807) is 52.8 Å². The fourth-order valence-corrected chi connectivity index (χ4v) is 9.49. The van der Waals surface area contributed by atoms with Crippen molar-refractivity contribution in [1.82, 2.24) is 14.8 Å². The van der Waals surface area contributed by atoms with Crippen molar-refractivity contribution < 1.29 is 48.3 Å². The van der Waals surface area contributed by atoms with Crippen molar-refractivity contribution in [2.45, 2.75) is 95.2 Å². The number of esters is 1. The van der Waals surface area contributed by atoms with Crippen LogP contribution in [0.2, 0.25) is 0 Å². The van der Waals surface area contributed by atoms with Gasteiger partial charge in [-0.15, -0.1) is 0 Å². The Kier molecular flexibility index (Phi) is 14.4. The third kappa shape index (κ3) is 10.1. The number of aromatic nitrogens is 1.